The minimum absolute atomic E-state index is 0.0644. The van der Waals surface area contributed by atoms with E-state index in [0.717, 1.165) is 11.3 Å². The van der Waals surface area contributed by atoms with E-state index >= 15 is 0 Å². The molecule has 1 heterocycles. The SMILES string of the molecule is NCc1ccccc1NC(=S)NNC(=O)CC(C=O)C(S)Nc1nccs1. The summed E-state index contributed by atoms with van der Waals surface area (Å²) >= 11 is 10.9. The van der Waals surface area contributed by atoms with E-state index in [9.17, 15) is 9.59 Å². The maximum atomic E-state index is 12.1. The molecule has 2 aromatic rings. The Bertz CT molecular complexity index is 771. The first-order valence-corrected chi connectivity index (χ1v) is 9.77. The summed E-state index contributed by atoms with van der Waals surface area (Å²) < 4.78 is 0. The molecular weight excluding hydrogens is 404 g/mol. The average Bonchev–Trinajstić information content (AvgIpc) is 3.17. The molecule has 0 saturated heterocycles. The van der Waals surface area contributed by atoms with Crippen LogP contribution in [0, 0.1) is 5.92 Å². The summed E-state index contributed by atoms with van der Waals surface area (Å²) in [6.07, 6.45) is 2.26. The van der Waals surface area contributed by atoms with Crippen molar-refractivity contribution in [3.63, 3.8) is 0 Å². The lowest BCUT2D eigenvalue weighted by atomic mass is 10.1. The first-order chi connectivity index (χ1) is 13.0. The molecule has 0 bridgehead atoms. The van der Waals surface area contributed by atoms with Crippen molar-refractivity contribution in [1.29, 1.82) is 0 Å². The van der Waals surface area contributed by atoms with Gasteiger partial charge < -0.3 is 21.2 Å². The normalized spacial score (nSPS) is 12.5. The van der Waals surface area contributed by atoms with Crippen LogP contribution < -0.4 is 27.2 Å². The highest BCUT2D eigenvalue weighted by Crippen LogP contribution is 2.19. The molecule has 2 atom stereocenters. The Morgan fingerprint density at radius 3 is 2.81 bits per heavy atom. The van der Waals surface area contributed by atoms with E-state index in [1.165, 1.54) is 11.3 Å². The Balaban J connectivity index is 1.80. The minimum atomic E-state index is -0.640. The molecule has 0 saturated carbocycles. The summed E-state index contributed by atoms with van der Waals surface area (Å²) in [6.45, 7) is 0.356. The molecule has 2 unspecified atom stereocenters. The summed E-state index contributed by atoms with van der Waals surface area (Å²) in [5, 5.41) is 8.03. The molecule has 1 amide bonds. The van der Waals surface area contributed by atoms with E-state index in [4.69, 9.17) is 18.0 Å². The maximum absolute atomic E-state index is 12.1. The Morgan fingerprint density at radius 2 is 2.15 bits per heavy atom. The number of carbonyl (C=O) groups excluding carboxylic acids is 2. The van der Waals surface area contributed by atoms with Gasteiger partial charge in [0, 0.05) is 30.2 Å². The van der Waals surface area contributed by atoms with Crippen LogP contribution in [0.25, 0.3) is 0 Å². The van der Waals surface area contributed by atoms with Crippen LogP contribution in [0.3, 0.4) is 0 Å². The first kappa shape index (κ1) is 21.1. The second-order valence-electron chi connectivity index (χ2n) is 5.42. The number of benzene rings is 1. The van der Waals surface area contributed by atoms with Crippen molar-refractivity contribution in [3.05, 3.63) is 41.4 Å². The molecule has 0 spiro atoms. The fourth-order valence-electron chi connectivity index (χ4n) is 2.13. The molecule has 6 N–H and O–H groups in total. The standard InChI is InChI=1S/C16H20N6O2S3/c17-8-10-3-1-2-4-12(10)19-15(26)22-21-13(24)7-11(9-23)14(25)20-16-18-5-6-27-16/h1-6,9,11,14,25H,7-8,17H2,(H,18,20)(H,21,24)(H2,19,22,26). The van der Waals surface area contributed by atoms with E-state index in [0.29, 0.717) is 18.0 Å². The fraction of sp³-hybridized carbons (Fsp3) is 0.250. The van der Waals surface area contributed by atoms with Crippen molar-refractivity contribution in [2.75, 3.05) is 10.6 Å². The van der Waals surface area contributed by atoms with Gasteiger partial charge in [-0.25, -0.2) is 4.98 Å². The van der Waals surface area contributed by atoms with Crippen LogP contribution in [0.1, 0.15) is 12.0 Å². The molecule has 1 aromatic carbocycles. The van der Waals surface area contributed by atoms with E-state index in [1.54, 1.807) is 11.6 Å². The molecule has 2 rings (SSSR count). The molecule has 1 aromatic heterocycles. The van der Waals surface area contributed by atoms with Gasteiger partial charge >= 0.3 is 0 Å². The highest BCUT2D eigenvalue weighted by Gasteiger charge is 2.21. The molecule has 0 fully saturated rings. The van der Waals surface area contributed by atoms with Crippen molar-refractivity contribution in [1.82, 2.24) is 15.8 Å². The number of nitrogens with one attached hydrogen (secondary N) is 4. The number of hydrogen-bond donors (Lipinski definition) is 6. The Kier molecular flexibility index (Phi) is 8.45. The fourth-order valence-corrected chi connectivity index (χ4v) is 3.24. The maximum Gasteiger partial charge on any atom is 0.239 e. The summed E-state index contributed by atoms with van der Waals surface area (Å²) in [6, 6.07) is 7.43. The summed E-state index contributed by atoms with van der Waals surface area (Å²) in [5.74, 6) is -1.04. The lowest BCUT2D eigenvalue weighted by Gasteiger charge is -2.19. The van der Waals surface area contributed by atoms with Gasteiger partial charge in [-0.1, -0.05) is 18.2 Å². The number of aromatic nitrogens is 1. The quantitative estimate of drug-likeness (QED) is 0.124. The summed E-state index contributed by atoms with van der Waals surface area (Å²) in [5.41, 5.74) is 12.4. The monoisotopic (exact) mass is 424 g/mol. The predicted molar refractivity (Wildman–Crippen MR) is 115 cm³/mol. The van der Waals surface area contributed by atoms with Gasteiger partial charge in [0.25, 0.3) is 0 Å². The molecule has 0 aliphatic carbocycles. The number of hydrazine groups is 1. The van der Waals surface area contributed by atoms with Gasteiger partial charge in [0.05, 0.1) is 11.3 Å². The largest absolute Gasteiger partial charge is 0.349 e. The zero-order valence-corrected chi connectivity index (χ0v) is 16.7. The number of nitrogens with two attached hydrogens (primary N) is 1. The van der Waals surface area contributed by atoms with Gasteiger partial charge in [-0.15, -0.1) is 11.3 Å². The van der Waals surface area contributed by atoms with Gasteiger partial charge in [0.15, 0.2) is 10.2 Å². The number of amides is 1. The van der Waals surface area contributed by atoms with Crippen LogP contribution in [0.15, 0.2) is 35.8 Å². The Hall–Kier alpha value is -2.21. The van der Waals surface area contributed by atoms with Crippen molar-refractivity contribution >= 4 is 64.3 Å². The first-order valence-electron chi connectivity index (χ1n) is 7.96. The molecule has 8 nitrogen and oxygen atoms in total. The summed E-state index contributed by atoms with van der Waals surface area (Å²) in [7, 11) is 0. The smallest absolute Gasteiger partial charge is 0.239 e. The van der Waals surface area contributed by atoms with E-state index in [-0.39, 0.29) is 11.5 Å². The van der Waals surface area contributed by atoms with Crippen molar-refractivity contribution in [2.45, 2.75) is 18.3 Å². The molecule has 0 radical (unpaired) electrons. The molecule has 0 aliphatic heterocycles. The van der Waals surface area contributed by atoms with Crippen LogP contribution in [-0.4, -0.2) is 27.7 Å². The number of thiazole rings is 1. The van der Waals surface area contributed by atoms with Gasteiger partial charge in [-0.2, -0.15) is 12.6 Å². The van der Waals surface area contributed by atoms with E-state index < -0.39 is 17.2 Å². The number of thiocarbonyl (C=S) groups is 1. The lowest BCUT2D eigenvalue weighted by molar-refractivity contribution is -0.124. The molecule has 144 valence electrons. The number of anilines is 2. The summed E-state index contributed by atoms with van der Waals surface area (Å²) in [4.78, 5) is 27.4. The van der Waals surface area contributed by atoms with Gasteiger partial charge in [0.1, 0.15) is 6.29 Å². The molecule has 0 aliphatic rings. The Labute approximate surface area is 171 Å². The lowest BCUT2D eigenvalue weighted by Crippen LogP contribution is -2.45. The third kappa shape index (κ3) is 6.79. The van der Waals surface area contributed by atoms with Crippen LogP contribution in [-0.2, 0) is 16.1 Å². The zero-order chi connectivity index (χ0) is 19.6. The predicted octanol–water partition coefficient (Wildman–Crippen LogP) is 1.49. The minimum Gasteiger partial charge on any atom is -0.349 e. The Morgan fingerprint density at radius 1 is 1.37 bits per heavy atom. The van der Waals surface area contributed by atoms with Crippen molar-refractivity contribution in [2.24, 2.45) is 11.7 Å². The van der Waals surface area contributed by atoms with Crippen LogP contribution in [0.2, 0.25) is 0 Å². The third-order valence-electron chi connectivity index (χ3n) is 3.51. The number of aldehydes is 1. The second-order valence-corrected chi connectivity index (χ2v) is 7.28. The highest BCUT2D eigenvalue weighted by atomic mass is 32.1. The van der Waals surface area contributed by atoms with Crippen molar-refractivity contribution < 1.29 is 9.59 Å². The topological polar surface area (TPSA) is 121 Å². The van der Waals surface area contributed by atoms with Gasteiger partial charge in [0.2, 0.25) is 5.91 Å². The van der Waals surface area contributed by atoms with Gasteiger partial charge in [-0.05, 0) is 23.8 Å². The number of rotatable bonds is 8. The number of thiol groups is 1. The number of carbonyl (C=O) groups is 2. The number of nitrogens with zero attached hydrogens (tertiary/aromatic N) is 1. The molecular formula is C16H20N6O2S3. The third-order valence-corrected chi connectivity index (χ3v) is 4.93. The van der Waals surface area contributed by atoms with Crippen LogP contribution in [0.4, 0.5) is 10.8 Å². The average molecular weight is 425 g/mol. The molecule has 11 heteroatoms. The second kappa shape index (κ2) is 10.8. The van der Waals surface area contributed by atoms with Crippen LogP contribution >= 0.6 is 36.2 Å². The highest BCUT2D eigenvalue weighted by molar-refractivity contribution is 7.81. The van der Waals surface area contributed by atoms with Gasteiger partial charge in [-0.3, -0.25) is 15.6 Å². The van der Waals surface area contributed by atoms with E-state index in [2.05, 4.69) is 39.1 Å². The molecule has 27 heavy (non-hydrogen) atoms. The van der Waals surface area contributed by atoms with Crippen molar-refractivity contribution in [3.8, 4) is 0 Å². The van der Waals surface area contributed by atoms with E-state index in [1.807, 2.05) is 24.3 Å². The zero-order valence-electron chi connectivity index (χ0n) is 14.2. The number of para-hydroxylation sites is 1. The number of hydrogen-bond acceptors (Lipinski definition) is 8. The van der Waals surface area contributed by atoms with Crippen LogP contribution in [0.5, 0.6) is 0 Å².